The van der Waals surface area contributed by atoms with Crippen LogP contribution in [0.15, 0.2) is 54.9 Å². The summed E-state index contributed by atoms with van der Waals surface area (Å²) in [7, 11) is 0. The summed E-state index contributed by atoms with van der Waals surface area (Å²) in [4.78, 5) is 7.26. The summed E-state index contributed by atoms with van der Waals surface area (Å²) >= 11 is 0. The highest BCUT2D eigenvalue weighted by molar-refractivity contribution is 5.62. The number of hydrogen-bond donors (Lipinski definition) is 0. The van der Waals surface area contributed by atoms with Gasteiger partial charge in [-0.05, 0) is 50.6 Å². The topological polar surface area (TPSA) is 20.5 Å². The van der Waals surface area contributed by atoms with Crippen LogP contribution in [0.1, 0.15) is 31.4 Å². The van der Waals surface area contributed by atoms with E-state index in [2.05, 4.69) is 51.7 Å². The molecule has 0 saturated carbocycles. The summed E-state index contributed by atoms with van der Waals surface area (Å²) in [6.07, 6.45) is 6.80. The Morgan fingerprint density at radius 2 is 1.77 bits per heavy atom. The summed E-state index contributed by atoms with van der Waals surface area (Å²) in [5.41, 5.74) is 4.61. The molecule has 4 rings (SSSR count). The summed E-state index contributed by atoms with van der Waals surface area (Å²) in [5, 5.41) is 0. The molecule has 0 N–H and O–H groups in total. The molecule has 1 aromatic carbocycles. The van der Waals surface area contributed by atoms with Gasteiger partial charge >= 0.3 is 0 Å². The van der Waals surface area contributed by atoms with Gasteiger partial charge in [0.2, 0.25) is 0 Å². The lowest BCUT2D eigenvalue weighted by Gasteiger charge is -2.24. The summed E-state index contributed by atoms with van der Waals surface area (Å²) in [6.45, 7) is 4.77. The highest BCUT2D eigenvalue weighted by Crippen LogP contribution is 2.27. The molecule has 0 spiro atoms. The minimum Gasteiger partial charge on any atom is -0.306 e. The molecule has 0 bridgehead atoms. The van der Waals surface area contributed by atoms with E-state index in [0.717, 1.165) is 11.3 Å². The first kappa shape index (κ1) is 13.5. The van der Waals surface area contributed by atoms with E-state index >= 15 is 0 Å². The fourth-order valence-corrected chi connectivity index (χ4v) is 3.35. The van der Waals surface area contributed by atoms with Crippen LogP contribution in [-0.4, -0.2) is 27.4 Å². The number of imidazole rings is 1. The smallest absolute Gasteiger partial charge is 0.137 e. The molecule has 1 unspecified atom stereocenters. The van der Waals surface area contributed by atoms with E-state index in [1.807, 2.05) is 24.4 Å². The van der Waals surface area contributed by atoms with Crippen LogP contribution >= 0.6 is 0 Å². The van der Waals surface area contributed by atoms with Crippen molar-refractivity contribution in [3.8, 4) is 11.3 Å². The number of rotatable bonds is 3. The zero-order chi connectivity index (χ0) is 14.9. The first-order valence-electron chi connectivity index (χ1n) is 8.09. The van der Waals surface area contributed by atoms with Gasteiger partial charge in [-0.25, -0.2) is 4.98 Å². The van der Waals surface area contributed by atoms with Gasteiger partial charge in [-0.15, -0.1) is 0 Å². The SMILES string of the molecule is CC(c1ccc(-c2cn3ccccc3n2)cc1)N1CCCC1. The number of benzene rings is 1. The van der Waals surface area contributed by atoms with Gasteiger partial charge in [-0.2, -0.15) is 0 Å². The molecular formula is C19H21N3. The molecule has 1 fully saturated rings. The number of aromatic nitrogens is 2. The van der Waals surface area contributed by atoms with Crippen LogP contribution in [0.25, 0.3) is 16.9 Å². The van der Waals surface area contributed by atoms with Gasteiger partial charge in [0.1, 0.15) is 5.65 Å². The zero-order valence-electron chi connectivity index (χ0n) is 12.9. The normalized spacial score (nSPS) is 17.1. The number of likely N-dealkylation sites (tertiary alicyclic amines) is 1. The van der Waals surface area contributed by atoms with Crippen molar-refractivity contribution in [2.45, 2.75) is 25.8 Å². The van der Waals surface area contributed by atoms with Gasteiger partial charge in [0.25, 0.3) is 0 Å². The Balaban J connectivity index is 1.60. The van der Waals surface area contributed by atoms with E-state index in [1.54, 1.807) is 0 Å². The van der Waals surface area contributed by atoms with Crippen molar-refractivity contribution >= 4 is 5.65 Å². The van der Waals surface area contributed by atoms with Crippen LogP contribution in [0.2, 0.25) is 0 Å². The number of fused-ring (bicyclic) bond motifs is 1. The fraction of sp³-hybridized carbons (Fsp3) is 0.316. The third-order valence-corrected chi connectivity index (χ3v) is 4.74. The molecule has 1 aliphatic heterocycles. The standard InChI is InChI=1S/C19H21N3/c1-15(21-11-4-5-12-21)16-7-9-17(10-8-16)18-14-22-13-3-2-6-19(22)20-18/h2-3,6-10,13-15H,4-5,11-12H2,1H3. The molecule has 1 atom stereocenters. The minimum absolute atomic E-state index is 0.512. The lowest BCUT2D eigenvalue weighted by molar-refractivity contribution is 0.263. The third kappa shape index (κ3) is 2.42. The first-order valence-corrected chi connectivity index (χ1v) is 8.09. The third-order valence-electron chi connectivity index (χ3n) is 4.74. The molecule has 0 radical (unpaired) electrons. The summed E-state index contributed by atoms with van der Waals surface area (Å²) < 4.78 is 2.07. The highest BCUT2D eigenvalue weighted by Gasteiger charge is 2.19. The Morgan fingerprint density at radius 3 is 2.50 bits per heavy atom. The maximum atomic E-state index is 4.69. The lowest BCUT2D eigenvalue weighted by atomic mass is 10.0. The molecule has 3 nitrogen and oxygen atoms in total. The Morgan fingerprint density at radius 1 is 1.00 bits per heavy atom. The predicted octanol–water partition coefficient (Wildman–Crippen LogP) is 4.16. The van der Waals surface area contributed by atoms with Crippen molar-refractivity contribution in [3.63, 3.8) is 0 Å². The van der Waals surface area contributed by atoms with E-state index < -0.39 is 0 Å². The second kappa shape index (κ2) is 5.58. The van der Waals surface area contributed by atoms with Crippen molar-refractivity contribution in [1.29, 1.82) is 0 Å². The van der Waals surface area contributed by atoms with Crippen molar-refractivity contribution in [3.05, 3.63) is 60.4 Å². The average Bonchev–Trinajstić information content (AvgIpc) is 3.23. The second-order valence-electron chi connectivity index (χ2n) is 6.13. The van der Waals surface area contributed by atoms with Gasteiger partial charge < -0.3 is 4.40 Å². The minimum atomic E-state index is 0.512. The molecule has 3 aromatic rings. The van der Waals surface area contributed by atoms with Gasteiger partial charge in [0, 0.05) is 24.0 Å². The lowest BCUT2D eigenvalue weighted by Crippen LogP contribution is -2.23. The van der Waals surface area contributed by atoms with Crippen LogP contribution in [0.4, 0.5) is 0 Å². The van der Waals surface area contributed by atoms with Crippen molar-refractivity contribution < 1.29 is 0 Å². The quantitative estimate of drug-likeness (QED) is 0.722. The summed E-state index contributed by atoms with van der Waals surface area (Å²) in [6, 6.07) is 15.5. The molecular weight excluding hydrogens is 270 g/mol. The van der Waals surface area contributed by atoms with Crippen LogP contribution in [0.3, 0.4) is 0 Å². The Bertz CT molecular complexity index is 734. The van der Waals surface area contributed by atoms with Gasteiger partial charge in [-0.3, -0.25) is 4.90 Å². The zero-order valence-corrected chi connectivity index (χ0v) is 12.9. The largest absolute Gasteiger partial charge is 0.306 e. The van der Waals surface area contributed by atoms with Crippen molar-refractivity contribution in [2.24, 2.45) is 0 Å². The molecule has 0 aliphatic carbocycles. The number of nitrogens with zero attached hydrogens (tertiary/aromatic N) is 3. The number of hydrogen-bond acceptors (Lipinski definition) is 2. The molecule has 1 saturated heterocycles. The van der Waals surface area contributed by atoms with Crippen LogP contribution in [-0.2, 0) is 0 Å². The second-order valence-corrected chi connectivity index (χ2v) is 6.13. The van der Waals surface area contributed by atoms with E-state index in [9.17, 15) is 0 Å². The monoisotopic (exact) mass is 291 g/mol. The molecule has 2 aromatic heterocycles. The molecule has 3 heteroatoms. The van der Waals surface area contributed by atoms with E-state index in [-0.39, 0.29) is 0 Å². The maximum absolute atomic E-state index is 4.69. The van der Waals surface area contributed by atoms with Crippen LogP contribution in [0.5, 0.6) is 0 Å². The van der Waals surface area contributed by atoms with Crippen LogP contribution < -0.4 is 0 Å². The van der Waals surface area contributed by atoms with Gasteiger partial charge in [-0.1, -0.05) is 30.3 Å². The van der Waals surface area contributed by atoms with Crippen LogP contribution in [0, 0.1) is 0 Å². The van der Waals surface area contributed by atoms with Gasteiger partial charge in [0.05, 0.1) is 5.69 Å². The van der Waals surface area contributed by atoms with Crippen molar-refractivity contribution in [1.82, 2.24) is 14.3 Å². The average molecular weight is 291 g/mol. The van der Waals surface area contributed by atoms with E-state index in [0.29, 0.717) is 6.04 Å². The molecule has 22 heavy (non-hydrogen) atoms. The van der Waals surface area contributed by atoms with E-state index in [4.69, 9.17) is 0 Å². The Kier molecular flexibility index (Phi) is 3.43. The predicted molar refractivity (Wildman–Crippen MR) is 89.9 cm³/mol. The Hall–Kier alpha value is -2.13. The van der Waals surface area contributed by atoms with Gasteiger partial charge in [0.15, 0.2) is 0 Å². The molecule has 112 valence electrons. The fourth-order valence-electron chi connectivity index (χ4n) is 3.35. The highest BCUT2D eigenvalue weighted by atomic mass is 15.2. The van der Waals surface area contributed by atoms with Crippen molar-refractivity contribution in [2.75, 3.05) is 13.1 Å². The van der Waals surface area contributed by atoms with E-state index in [1.165, 1.54) is 37.1 Å². The molecule has 3 heterocycles. The Labute approximate surface area is 131 Å². The maximum Gasteiger partial charge on any atom is 0.137 e. The number of pyridine rings is 1. The first-order chi connectivity index (χ1) is 10.8. The molecule has 0 amide bonds. The summed E-state index contributed by atoms with van der Waals surface area (Å²) in [5.74, 6) is 0. The molecule has 1 aliphatic rings.